The SMILES string of the molecule is CN(C)C(=O)Nc1nncs1. The lowest BCUT2D eigenvalue weighted by molar-refractivity contribution is 0.230. The molecule has 0 fully saturated rings. The summed E-state index contributed by atoms with van der Waals surface area (Å²) < 4.78 is 0. The van der Waals surface area contributed by atoms with Crippen LogP contribution in [0.15, 0.2) is 5.51 Å². The zero-order chi connectivity index (χ0) is 8.27. The Kier molecular flexibility index (Phi) is 2.37. The summed E-state index contributed by atoms with van der Waals surface area (Å²) in [6, 6.07) is -0.193. The van der Waals surface area contributed by atoms with Crippen molar-refractivity contribution in [2.75, 3.05) is 19.4 Å². The second kappa shape index (κ2) is 3.29. The lowest BCUT2D eigenvalue weighted by atomic mass is 10.8. The molecule has 1 N–H and O–H groups in total. The van der Waals surface area contributed by atoms with E-state index in [1.54, 1.807) is 19.6 Å². The van der Waals surface area contributed by atoms with Crippen molar-refractivity contribution in [2.45, 2.75) is 0 Å². The number of anilines is 1. The topological polar surface area (TPSA) is 58.1 Å². The Morgan fingerprint density at radius 3 is 2.91 bits per heavy atom. The van der Waals surface area contributed by atoms with Crippen LogP contribution >= 0.6 is 11.3 Å². The van der Waals surface area contributed by atoms with Gasteiger partial charge < -0.3 is 4.90 Å². The first-order valence-electron chi connectivity index (χ1n) is 2.94. The maximum atomic E-state index is 11.0. The average Bonchev–Trinajstić information content (AvgIpc) is 2.39. The van der Waals surface area contributed by atoms with Gasteiger partial charge in [-0.25, -0.2) is 4.79 Å². The van der Waals surface area contributed by atoms with Gasteiger partial charge in [0.15, 0.2) is 0 Å². The molecular formula is C5H8N4OS. The predicted molar refractivity (Wildman–Crippen MR) is 42.6 cm³/mol. The van der Waals surface area contributed by atoms with Crippen molar-refractivity contribution in [3.63, 3.8) is 0 Å². The average molecular weight is 172 g/mol. The summed E-state index contributed by atoms with van der Waals surface area (Å²) in [5.41, 5.74) is 1.56. The number of urea groups is 1. The highest BCUT2D eigenvalue weighted by Gasteiger charge is 2.04. The van der Waals surface area contributed by atoms with Gasteiger partial charge in [-0.15, -0.1) is 10.2 Å². The maximum absolute atomic E-state index is 11.0. The molecule has 5 nitrogen and oxygen atoms in total. The smallest absolute Gasteiger partial charge is 0.323 e. The first kappa shape index (κ1) is 7.93. The van der Waals surface area contributed by atoms with Gasteiger partial charge in [0, 0.05) is 14.1 Å². The van der Waals surface area contributed by atoms with Gasteiger partial charge in [-0.2, -0.15) is 0 Å². The van der Waals surface area contributed by atoms with Crippen LogP contribution in [0.4, 0.5) is 9.93 Å². The van der Waals surface area contributed by atoms with Crippen LogP contribution in [0.2, 0.25) is 0 Å². The van der Waals surface area contributed by atoms with E-state index in [0.29, 0.717) is 5.13 Å². The van der Waals surface area contributed by atoms with Gasteiger partial charge >= 0.3 is 6.03 Å². The molecule has 0 aliphatic rings. The molecule has 2 amide bonds. The van der Waals surface area contributed by atoms with Crippen LogP contribution in [0.5, 0.6) is 0 Å². The van der Waals surface area contributed by atoms with Crippen molar-refractivity contribution in [1.82, 2.24) is 15.1 Å². The fourth-order valence-corrected chi connectivity index (χ4v) is 0.865. The molecule has 60 valence electrons. The molecule has 0 spiro atoms. The van der Waals surface area contributed by atoms with Gasteiger partial charge in [-0.05, 0) is 0 Å². The highest BCUT2D eigenvalue weighted by atomic mass is 32.1. The molecule has 0 saturated carbocycles. The molecule has 0 bridgehead atoms. The van der Waals surface area contributed by atoms with Gasteiger partial charge in [0.1, 0.15) is 5.51 Å². The van der Waals surface area contributed by atoms with E-state index in [1.165, 1.54) is 16.2 Å². The van der Waals surface area contributed by atoms with Crippen molar-refractivity contribution in [1.29, 1.82) is 0 Å². The van der Waals surface area contributed by atoms with Gasteiger partial charge in [0.25, 0.3) is 0 Å². The van der Waals surface area contributed by atoms with Crippen LogP contribution in [-0.2, 0) is 0 Å². The van der Waals surface area contributed by atoms with Gasteiger partial charge in [0.05, 0.1) is 0 Å². The number of nitrogens with zero attached hydrogens (tertiary/aromatic N) is 3. The zero-order valence-corrected chi connectivity index (χ0v) is 7.05. The number of amides is 2. The number of hydrogen-bond donors (Lipinski definition) is 1. The molecule has 11 heavy (non-hydrogen) atoms. The highest BCUT2D eigenvalue weighted by Crippen LogP contribution is 2.07. The summed E-state index contributed by atoms with van der Waals surface area (Å²) >= 11 is 1.29. The lowest BCUT2D eigenvalue weighted by Crippen LogP contribution is -2.27. The summed E-state index contributed by atoms with van der Waals surface area (Å²) in [6.07, 6.45) is 0. The Hall–Kier alpha value is -1.17. The van der Waals surface area contributed by atoms with E-state index in [0.717, 1.165) is 0 Å². The summed E-state index contributed by atoms with van der Waals surface area (Å²) in [5, 5.41) is 10.3. The Balaban J connectivity index is 2.50. The number of carbonyl (C=O) groups is 1. The molecular weight excluding hydrogens is 164 g/mol. The summed E-state index contributed by atoms with van der Waals surface area (Å²) in [7, 11) is 3.33. The number of rotatable bonds is 1. The normalized spacial score (nSPS) is 9.27. The number of aromatic nitrogens is 2. The second-order valence-corrected chi connectivity index (χ2v) is 2.90. The third-order valence-electron chi connectivity index (χ3n) is 0.980. The van der Waals surface area contributed by atoms with Crippen molar-refractivity contribution < 1.29 is 4.79 Å². The molecule has 0 atom stereocenters. The van der Waals surface area contributed by atoms with Crippen LogP contribution in [0.3, 0.4) is 0 Å². The largest absolute Gasteiger partial charge is 0.331 e. The van der Waals surface area contributed by atoms with Crippen LogP contribution in [0.1, 0.15) is 0 Å². The Morgan fingerprint density at radius 2 is 2.45 bits per heavy atom. The lowest BCUT2D eigenvalue weighted by Gasteiger charge is -2.08. The molecule has 1 heterocycles. The minimum Gasteiger partial charge on any atom is -0.331 e. The standard InChI is InChI=1S/C5H8N4OS/c1-9(2)5(10)7-4-8-6-3-11-4/h3H,1-2H3,(H,7,8,10). The molecule has 0 saturated heterocycles. The third-order valence-corrected chi connectivity index (χ3v) is 1.59. The Labute approximate surface area is 68.0 Å². The highest BCUT2D eigenvalue weighted by molar-refractivity contribution is 7.13. The number of hydrogen-bond acceptors (Lipinski definition) is 4. The predicted octanol–water partition coefficient (Wildman–Crippen LogP) is 0.632. The van der Waals surface area contributed by atoms with Crippen molar-refractivity contribution in [3.8, 4) is 0 Å². The first-order chi connectivity index (χ1) is 5.20. The maximum Gasteiger partial charge on any atom is 0.323 e. The van der Waals surface area contributed by atoms with Crippen molar-refractivity contribution >= 4 is 22.5 Å². The van der Waals surface area contributed by atoms with E-state index in [9.17, 15) is 4.79 Å². The molecule has 0 aromatic carbocycles. The first-order valence-corrected chi connectivity index (χ1v) is 3.82. The van der Waals surface area contributed by atoms with Crippen LogP contribution in [0, 0.1) is 0 Å². The zero-order valence-electron chi connectivity index (χ0n) is 6.24. The molecule has 1 aromatic heterocycles. The van der Waals surface area contributed by atoms with Crippen molar-refractivity contribution in [2.24, 2.45) is 0 Å². The van der Waals surface area contributed by atoms with E-state index < -0.39 is 0 Å². The summed E-state index contributed by atoms with van der Waals surface area (Å²) in [6.45, 7) is 0. The second-order valence-electron chi connectivity index (χ2n) is 2.07. The minimum absolute atomic E-state index is 0.193. The van der Waals surface area contributed by atoms with Crippen molar-refractivity contribution in [3.05, 3.63) is 5.51 Å². The van der Waals surface area contributed by atoms with E-state index in [2.05, 4.69) is 15.5 Å². The summed E-state index contributed by atoms with van der Waals surface area (Å²) in [4.78, 5) is 12.4. The molecule has 0 aliphatic carbocycles. The molecule has 6 heteroatoms. The van der Waals surface area contributed by atoms with Gasteiger partial charge in [0.2, 0.25) is 5.13 Å². The van der Waals surface area contributed by atoms with Gasteiger partial charge in [-0.3, -0.25) is 5.32 Å². The number of nitrogens with one attached hydrogen (secondary N) is 1. The molecule has 0 unspecified atom stereocenters. The monoisotopic (exact) mass is 172 g/mol. The Morgan fingerprint density at radius 1 is 1.73 bits per heavy atom. The van der Waals surface area contributed by atoms with E-state index in [4.69, 9.17) is 0 Å². The molecule has 0 aliphatic heterocycles. The third kappa shape index (κ3) is 2.15. The van der Waals surface area contributed by atoms with E-state index >= 15 is 0 Å². The Bertz CT molecular complexity index is 233. The molecule has 0 radical (unpaired) electrons. The van der Waals surface area contributed by atoms with E-state index in [1.807, 2.05) is 0 Å². The van der Waals surface area contributed by atoms with Crippen LogP contribution in [-0.4, -0.2) is 35.2 Å². The molecule has 1 aromatic rings. The quantitative estimate of drug-likeness (QED) is 0.676. The van der Waals surface area contributed by atoms with Crippen LogP contribution < -0.4 is 5.32 Å². The summed E-state index contributed by atoms with van der Waals surface area (Å²) in [5.74, 6) is 0. The van der Waals surface area contributed by atoms with E-state index in [-0.39, 0.29) is 6.03 Å². The fraction of sp³-hybridized carbons (Fsp3) is 0.400. The van der Waals surface area contributed by atoms with Crippen LogP contribution in [0.25, 0.3) is 0 Å². The number of carbonyl (C=O) groups excluding carboxylic acids is 1. The molecule has 1 rings (SSSR count). The van der Waals surface area contributed by atoms with Gasteiger partial charge in [-0.1, -0.05) is 11.3 Å². The minimum atomic E-state index is -0.193. The fourth-order valence-electron chi connectivity index (χ4n) is 0.431.